The highest BCUT2D eigenvalue weighted by Gasteiger charge is 2.16. The second kappa shape index (κ2) is 4.90. The first kappa shape index (κ1) is 12.4. The molecule has 1 aromatic rings. The van der Waals surface area contributed by atoms with Gasteiger partial charge in [-0.25, -0.2) is 9.97 Å². The Kier molecular flexibility index (Phi) is 4.04. The summed E-state index contributed by atoms with van der Waals surface area (Å²) < 4.78 is 5.95. The maximum Gasteiger partial charge on any atom is 0.159 e. The fourth-order valence-corrected chi connectivity index (χ4v) is 1.81. The number of rotatable bonds is 3. The van der Waals surface area contributed by atoms with E-state index in [4.69, 9.17) is 10.5 Å². The molecule has 0 aromatic carbocycles. The molecule has 84 valence electrons. The van der Waals surface area contributed by atoms with E-state index < -0.39 is 0 Å². The normalized spacial score (nSPS) is 13.2. The van der Waals surface area contributed by atoms with Crippen LogP contribution in [0.1, 0.15) is 44.3 Å². The molecule has 4 nitrogen and oxygen atoms in total. The predicted molar refractivity (Wildman–Crippen MR) is 63.7 cm³/mol. The standard InChI is InChI=1S/C10H16BrN3O/c1-5(2)8-7(11)9(12)14-10(13-8)6(3)15-4/h5-6H,1-4H3,(H2,12,13,14). The van der Waals surface area contributed by atoms with Gasteiger partial charge in [-0.1, -0.05) is 13.8 Å². The van der Waals surface area contributed by atoms with Crippen molar-refractivity contribution < 1.29 is 4.74 Å². The van der Waals surface area contributed by atoms with Gasteiger partial charge in [-0.3, -0.25) is 0 Å². The zero-order valence-electron chi connectivity index (χ0n) is 9.41. The average Bonchev–Trinajstić information content (AvgIpc) is 2.20. The number of halogens is 1. The van der Waals surface area contributed by atoms with Gasteiger partial charge in [0.15, 0.2) is 5.82 Å². The van der Waals surface area contributed by atoms with E-state index in [1.165, 1.54) is 0 Å². The number of methoxy groups -OCH3 is 1. The number of nitrogen functional groups attached to an aromatic ring is 1. The fraction of sp³-hybridized carbons (Fsp3) is 0.600. The summed E-state index contributed by atoms with van der Waals surface area (Å²) in [6, 6.07) is 0. The Morgan fingerprint density at radius 1 is 1.27 bits per heavy atom. The molecule has 15 heavy (non-hydrogen) atoms. The zero-order valence-corrected chi connectivity index (χ0v) is 11.0. The van der Waals surface area contributed by atoms with Crippen molar-refractivity contribution >= 4 is 21.7 Å². The van der Waals surface area contributed by atoms with Gasteiger partial charge in [0.05, 0.1) is 10.2 Å². The maximum atomic E-state index is 5.80. The van der Waals surface area contributed by atoms with Crippen molar-refractivity contribution in [1.29, 1.82) is 0 Å². The molecule has 0 radical (unpaired) electrons. The number of hydrogen-bond acceptors (Lipinski definition) is 4. The minimum Gasteiger partial charge on any atom is -0.383 e. The number of aromatic nitrogens is 2. The summed E-state index contributed by atoms with van der Waals surface area (Å²) in [7, 11) is 1.63. The largest absolute Gasteiger partial charge is 0.383 e. The van der Waals surface area contributed by atoms with Gasteiger partial charge >= 0.3 is 0 Å². The highest BCUT2D eigenvalue weighted by Crippen LogP contribution is 2.28. The molecule has 0 bridgehead atoms. The molecule has 1 aromatic heterocycles. The molecule has 2 N–H and O–H groups in total. The molecule has 1 rings (SSSR count). The fourth-order valence-electron chi connectivity index (χ4n) is 1.17. The van der Waals surface area contributed by atoms with E-state index in [0.717, 1.165) is 10.2 Å². The van der Waals surface area contributed by atoms with E-state index >= 15 is 0 Å². The molecule has 0 fully saturated rings. The van der Waals surface area contributed by atoms with Crippen molar-refractivity contribution in [2.75, 3.05) is 12.8 Å². The van der Waals surface area contributed by atoms with Crippen LogP contribution in [0.3, 0.4) is 0 Å². The monoisotopic (exact) mass is 273 g/mol. The van der Waals surface area contributed by atoms with Crippen LogP contribution >= 0.6 is 15.9 Å². The molecular weight excluding hydrogens is 258 g/mol. The summed E-state index contributed by atoms with van der Waals surface area (Å²) >= 11 is 3.40. The SMILES string of the molecule is COC(C)c1nc(N)c(Br)c(C(C)C)n1. The lowest BCUT2D eigenvalue weighted by molar-refractivity contribution is 0.112. The van der Waals surface area contributed by atoms with Crippen molar-refractivity contribution in [3.05, 3.63) is 16.0 Å². The molecule has 0 aliphatic heterocycles. The number of anilines is 1. The van der Waals surface area contributed by atoms with Crippen molar-refractivity contribution in [3.8, 4) is 0 Å². The topological polar surface area (TPSA) is 61.0 Å². The minimum absolute atomic E-state index is 0.141. The molecule has 0 amide bonds. The van der Waals surface area contributed by atoms with Crippen LogP contribution in [0.4, 0.5) is 5.82 Å². The average molecular weight is 274 g/mol. The zero-order chi connectivity index (χ0) is 11.6. The lowest BCUT2D eigenvalue weighted by Gasteiger charge is -2.14. The van der Waals surface area contributed by atoms with Crippen molar-refractivity contribution in [1.82, 2.24) is 9.97 Å². The summed E-state index contributed by atoms with van der Waals surface area (Å²) in [4.78, 5) is 8.62. The Bertz CT molecular complexity index is 355. The van der Waals surface area contributed by atoms with Crippen LogP contribution in [-0.2, 0) is 4.74 Å². The Hall–Kier alpha value is -0.680. The van der Waals surface area contributed by atoms with E-state index in [2.05, 4.69) is 39.7 Å². The molecule has 0 aliphatic rings. The molecule has 0 saturated heterocycles. The molecule has 0 spiro atoms. The van der Waals surface area contributed by atoms with Gasteiger partial charge in [-0.15, -0.1) is 0 Å². The third-order valence-corrected chi connectivity index (χ3v) is 3.00. The summed E-state index contributed by atoms with van der Waals surface area (Å²) in [6.07, 6.45) is -0.141. The molecule has 0 saturated carbocycles. The van der Waals surface area contributed by atoms with Gasteiger partial charge in [-0.2, -0.15) is 0 Å². The van der Waals surface area contributed by atoms with Crippen LogP contribution in [0.5, 0.6) is 0 Å². The smallest absolute Gasteiger partial charge is 0.159 e. The first-order chi connectivity index (χ1) is 6.97. The van der Waals surface area contributed by atoms with E-state index in [1.54, 1.807) is 7.11 Å². The third kappa shape index (κ3) is 2.66. The van der Waals surface area contributed by atoms with Gasteiger partial charge in [0.1, 0.15) is 11.9 Å². The molecule has 1 unspecified atom stereocenters. The Morgan fingerprint density at radius 3 is 2.33 bits per heavy atom. The second-order valence-corrected chi connectivity index (χ2v) is 4.49. The summed E-state index contributed by atoms with van der Waals surface area (Å²) in [5.41, 5.74) is 6.72. The van der Waals surface area contributed by atoms with Crippen LogP contribution in [0.2, 0.25) is 0 Å². The van der Waals surface area contributed by atoms with Crippen molar-refractivity contribution in [3.63, 3.8) is 0 Å². The van der Waals surface area contributed by atoms with Gasteiger partial charge < -0.3 is 10.5 Å². The molecule has 5 heteroatoms. The molecule has 0 aliphatic carbocycles. The van der Waals surface area contributed by atoms with Crippen LogP contribution in [-0.4, -0.2) is 17.1 Å². The van der Waals surface area contributed by atoms with Gasteiger partial charge in [-0.05, 0) is 28.8 Å². The first-order valence-electron chi connectivity index (χ1n) is 4.83. The second-order valence-electron chi connectivity index (χ2n) is 3.70. The summed E-state index contributed by atoms with van der Waals surface area (Å²) in [6.45, 7) is 6.02. The Balaban J connectivity index is 3.23. The van der Waals surface area contributed by atoms with E-state index in [1.807, 2.05) is 6.92 Å². The number of ether oxygens (including phenoxy) is 1. The van der Waals surface area contributed by atoms with Crippen LogP contribution < -0.4 is 5.73 Å². The number of hydrogen-bond donors (Lipinski definition) is 1. The third-order valence-electron chi connectivity index (χ3n) is 2.18. The number of nitrogens with zero attached hydrogens (tertiary/aromatic N) is 2. The molecule has 1 heterocycles. The molecule has 1 atom stereocenters. The van der Waals surface area contributed by atoms with E-state index in [0.29, 0.717) is 17.6 Å². The quantitative estimate of drug-likeness (QED) is 0.920. The summed E-state index contributed by atoms with van der Waals surface area (Å²) in [5.74, 6) is 1.39. The van der Waals surface area contributed by atoms with E-state index in [-0.39, 0.29) is 6.10 Å². The van der Waals surface area contributed by atoms with Gasteiger partial charge in [0, 0.05) is 7.11 Å². The van der Waals surface area contributed by atoms with Gasteiger partial charge in [0.25, 0.3) is 0 Å². The van der Waals surface area contributed by atoms with Gasteiger partial charge in [0.2, 0.25) is 0 Å². The highest BCUT2D eigenvalue weighted by atomic mass is 79.9. The minimum atomic E-state index is -0.141. The predicted octanol–water partition coefficient (Wildman–Crippen LogP) is 2.65. The Morgan fingerprint density at radius 2 is 1.87 bits per heavy atom. The lowest BCUT2D eigenvalue weighted by atomic mass is 10.1. The Labute approximate surface area is 98.4 Å². The van der Waals surface area contributed by atoms with E-state index in [9.17, 15) is 0 Å². The highest BCUT2D eigenvalue weighted by molar-refractivity contribution is 9.10. The number of nitrogens with two attached hydrogens (primary N) is 1. The van der Waals surface area contributed by atoms with Crippen molar-refractivity contribution in [2.24, 2.45) is 0 Å². The van der Waals surface area contributed by atoms with Crippen LogP contribution in [0.15, 0.2) is 4.47 Å². The van der Waals surface area contributed by atoms with Crippen molar-refractivity contribution in [2.45, 2.75) is 32.8 Å². The first-order valence-corrected chi connectivity index (χ1v) is 5.62. The van der Waals surface area contributed by atoms with Crippen LogP contribution in [0, 0.1) is 0 Å². The van der Waals surface area contributed by atoms with Crippen LogP contribution in [0.25, 0.3) is 0 Å². The maximum absolute atomic E-state index is 5.80. The lowest BCUT2D eigenvalue weighted by Crippen LogP contribution is -2.10. The molecular formula is C10H16BrN3O. The summed E-state index contributed by atoms with van der Waals surface area (Å²) in [5, 5.41) is 0.